The number of hydrogen-bond acceptors (Lipinski definition) is 9. The van der Waals surface area contributed by atoms with Crippen molar-refractivity contribution in [3.8, 4) is 11.6 Å². The average Bonchev–Trinajstić information content (AvgIpc) is 3.37. The number of aldehydes is 1. The fourth-order valence-electron chi connectivity index (χ4n) is 3.70. The highest BCUT2D eigenvalue weighted by Gasteiger charge is 2.34. The summed E-state index contributed by atoms with van der Waals surface area (Å²) < 4.78 is 50.9. The Morgan fingerprint density at radius 1 is 1.19 bits per heavy atom. The molecule has 4 rings (SSSR count). The predicted molar refractivity (Wildman–Crippen MR) is 125 cm³/mol. The van der Waals surface area contributed by atoms with Gasteiger partial charge in [0.2, 0.25) is 0 Å². The summed E-state index contributed by atoms with van der Waals surface area (Å²) in [5, 5.41) is 18.1. The van der Waals surface area contributed by atoms with Crippen LogP contribution in [0.2, 0.25) is 0 Å². The van der Waals surface area contributed by atoms with Crippen LogP contribution >= 0.6 is 0 Å². The van der Waals surface area contributed by atoms with Crippen molar-refractivity contribution in [1.29, 1.82) is 0 Å². The van der Waals surface area contributed by atoms with Gasteiger partial charge in [-0.3, -0.25) is 15.0 Å². The minimum atomic E-state index is -4.65. The van der Waals surface area contributed by atoms with Crippen LogP contribution in [0, 0.1) is 10.1 Å². The van der Waals surface area contributed by atoms with Crippen molar-refractivity contribution in [3.63, 3.8) is 0 Å². The molecule has 1 aromatic carbocycles. The number of carbonyl (C=O) groups excluding carboxylic acids is 1. The van der Waals surface area contributed by atoms with Gasteiger partial charge in [-0.1, -0.05) is 6.07 Å². The minimum absolute atomic E-state index is 0.0154. The minimum Gasteiger partial charge on any atom is -0.492 e. The fraction of sp³-hybridized carbons (Fsp3) is 0.348. The highest BCUT2D eigenvalue weighted by Crippen LogP contribution is 2.32. The van der Waals surface area contributed by atoms with Crippen LogP contribution in [0.3, 0.4) is 0 Å². The molecule has 14 heteroatoms. The second kappa shape index (κ2) is 11.3. The summed E-state index contributed by atoms with van der Waals surface area (Å²) in [5.41, 5.74) is -0.966. The Labute approximate surface area is 208 Å². The Hall–Kier alpha value is -4.04. The molecule has 1 aliphatic rings. The molecule has 1 fully saturated rings. The standard InChI is InChI=1S/C23H23F3N6O5/c24-23(25,26)20-5-7-31(29-20)22-16(6-11-33)1-4-21(28-22)27-18-3-2-17(15-19(18)32(34)35)37-14-10-30-8-12-36-13-9-30/h1-5,7,11,15H,6,8-10,12-14H2,(H,27,28). The highest BCUT2D eigenvalue weighted by molar-refractivity contribution is 5.70. The van der Waals surface area contributed by atoms with Gasteiger partial charge in [-0.05, 0) is 24.3 Å². The molecule has 3 heterocycles. The van der Waals surface area contributed by atoms with Crippen LogP contribution in [0.1, 0.15) is 11.3 Å². The zero-order valence-electron chi connectivity index (χ0n) is 19.5. The van der Waals surface area contributed by atoms with E-state index in [4.69, 9.17) is 9.47 Å². The third-order valence-corrected chi connectivity index (χ3v) is 5.56. The predicted octanol–water partition coefficient (Wildman–Crippen LogP) is 3.39. The summed E-state index contributed by atoms with van der Waals surface area (Å²) in [4.78, 5) is 28.6. The Kier molecular flexibility index (Phi) is 7.98. The van der Waals surface area contributed by atoms with E-state index in [9.17, 15) is 28.1 Å². The molecular formula is C23H23F3N6O5. The van der Waals surface area contributed by atoms with Gasteiger partial charge in [0.25, 0.3) is 5.69 Å². The van der Waals surface area contributed by atoms with E-state index in [1.807, 2.05) is 0 Å². The number of ether oxygens (including phenoxy) is 2. The molecule has 37 heavy (non-hydrogen) atoms. The van der Waals surface area contributed by atoms with Gasteiger partial charge in [-0.2, -0.15) is 18.3 Å². The average molecular weight is 520 g/mol. The maximum absolute atomic E-state index is 13.0. The Morgan fingerprint density at radius 2 is 1.97 bits per heavy atom. The molecule has 0 atom stereocenters. The number of alkyl halides is 3. The van der Waals surface area contributed by atoms with E-state index in [2.05, 4.69) is 20.3 Å². The molecule has 196 valence electrons. The summed E-state index contributed by atoms with van der Waals surface area (Å²) >= 11 is 0. The summed E-state index contributed by atoms with van der Waals surface area (Å²) in [6.45, 7) is 3.90. The van der Waals surface area contributed by atoms with Crippen molar-refractivity contribution in [2.45, 2.75) is 12.6 Å². The first-order chi connectivity index (χ1) is 17.7. The zero-order chi connectivity index (χ0) is 26.4. The van der Waals surface area contributed by atoms with E-state index in [0.29, 0.717) is 44.0 Å². The number of pyridine rings is 1. The normalized spacial score (nSPS) is 14.4. The van der Waals surface area contributed by atoms with Crippen molar-refractivity contribution in [2.75, 3.05) is 44.8 Å². The van der Waals surface area contributed by atoms with Crippen LogP contribution in [0.15, 0.2) is 42.6 Å². The van der Waals surface area contributed by atoms with Gasteiger partial charge in [-0.15, -0.1) is 0 Å². The van der Waals surface area contributed by atoms with Crippen LogP contribution in [0.4, 0.5) is 30.4 Å². The van der Waals surface area contributed by atoms with E-state index in [0.717, 1.165) is 30.0 Å². The first-order valence-corrected chi connectivity index (χ1v) is 11.3. The van der Waals surface area contributed by atoms with Crippen molar-refractivity contribution in [3.05, 3.63) is 64.0 Å². The van der Waals surface area contributed by atoms with Crippen LogP contribution in [0.5, 0.6) is 5.75 Å². The topological polar surface area (TPSA) is 125 Å². The smallest absolute Gasteiger partial charge is 0.435 e. The molecule has 1 N–H and O–H groups in total. The lowest BCUT2D eigenvalue weighted by atomic mass is 10.2. The molecule has 0 aliphatic carbocycles. The van der Waals surface area contributed by atoms with Crippen LogP contribution in [-0.4, -0.2) is 70.3 Å². The van der Waals surface area contributed by atoms with Gasteiger partial charge in [0.15, 0.2) is 11.5 Å². The Bertz CT molecular complexity index is 1260. The molecule has 0 saturated carbocycles. The van der Waals surface area contributed by atoms with Crippen LogP contribution < -0.4 is 10.1 Å². The largest absolute Gasteiger partial charge is 0.492 e. The maximum atomic E-state index is 13.0. The van der Waals surface area contributed by atoms with E-state index in [-0.39, 0.29) is 29.4 Å². The number of nitro groups is 1. The second-order valence-electron chi connectivity index (χ2n) is 8.06. The molecule has 1 saturated heterocycles. The summed E-state index contributed by atoms with van der Waals surface area (Å²) in [7, 11) is 0. The third kappa shape index (κ3) is 6.59. The number of nitrogens with zero attached hydrogens (tertiary/aromatic N) is 5. The maximum Gasteiger partial charge on any atom is 0.435 e. The van der Waals surface area contributed by atoms with E-state index >= 15 is 0 Å². The SMILES string of the molecule is O=CCc1ccc(Nc2ccc(OCCN3CCOCC3)cc2[N+](=O)[O-])nc1-n1ccc(C(F)(F)F)n1. The number of hydrogen-bond donors (Lipinski definition) is 1. The van der Waals surface area contributed by atoms with E-state index in [1.165, 1.54) is 24.3 Å². The monoisotopic (exact) mass is 520 g/mol. The number of nitro benzene ring substituents is 1. The lowest BCUT2D eigenvalue weighted by Crippen LogP contribution is -2.38. The molecule has 0 unspecified atom stereocenters. The lowest BCUT2D eigenvalue weighted by molar-refractivity contribution is -0.384. The summed E-state index contributed by atoms with van der Waals surface area (Å²) in [6, 6.07) is 8.05. The molecule has 3 aromatic rings. The molecule has 0 radical (unpaired) electrons. The van der Waals surface area contributed by atoms with Gasteiger partial charge in [0.05, 0.1) is 24.2 Å². The van der Waals surface area contributed by atoms with Gasteiger partial charge in [-0.25, -0.2) is 9.67 Å². The molecule has 0 bridgehead atoms. The lowest BCUT2D eigenvalue weighted by Gasteiger charge is -2.26. The number of aromatic nitrogens is 3. The van der Waals surface area contributed by atoms with Crippen LogP contribution in [0.25, 0.3) is 5.82 Å². The van der Waals surface area contributed by atoms with Crippen molar-refractivity contribution in [1.82, 2.24) is 19.7 Å². The van der Waals surface area contributed by atoms with Gasteiger partial charge in [0.1, 0.15) is 30.1 Å². The number of anilines is 2. The quantitative estimate of drug-likeness (QED) is 0.243. The number of carbonyl (C=O) groups is 1. The summed E-state index contributed by atoms with van der Waals surface area (Å²) in [5.74, 6) is 0.410. The first kappa shape index (κ1) is 26.0. The number of rotatable bonds is 10. The third-order valence-electron chi connectivity index (χ3n) is 5.56. The van der Waals surface area contributed by atoms with E-state index < -0.39 is 16.8 Å². The molecule has 11 nitrogen and oxygen atoms in total. The number of halogens is 3. The van der Waals surface area contributed by atoms with Gasteiger partial charge >= 0.3 is 6.18 Å². The summed E-state index contributed by atoms with van der Waals surface area (Å²) in [6.07, 6.45) is -3.10. The first-order valence-electron chi connectivity index (χ1n) is 11.3. The molecule has 0 spiro atoms. The number of morpholine rings is 1. The second-order valence-corrected chi connectivity index (χ2v) is 8.06. The fourth-order valence-corrected chi connectivity index (χ4v) is 3.70. The van der Waals surface area contributed by atoms with Crippen LogP contribution in [-0.2, 0) is 22.1 Å². The number of benzene rings is 1. The van der Waals surface area contributed by atoms with Crippen molar-refractivity contribution in [2.24, 2.45) is 0 Å². The molecule has 2 aromatic heterocycles. The molecule has 0 amide bonds. The number of nitrogens with one attached hydrogen (secondary N) is 1. The zero-order valence-corrected chi connectivity index (χ0v) is 19.5. The van der Waals surface area contributed by atoms with E-state index in [1.54, 1.807) is 6.07 Å². The Balaban J connectivity index is 1.54. The van der Waals surface area contributed by atoms with Gasteiger partial charge in [0, 0.05) is 37.8 Å². The molecular weight excluding hydrogens is 497 g/mol. The Morgan fingerprint density at radius 3 is 2.65 bits per heavy atom. The van der Waals surface area contributed by atoms with Gasteiger partial charge < -0.3 is 19.6 Å². The molecule has 1 aliphatic heterocycles. The van der Waals surface area contributed by atoms with Crippen molar-refractivity contribution < 1.29 is 32.4 Å². The van der Waals surface area contributed by atoms with Crippen molar-refractivity contribution >= 4 is 23.5 Å². The highest BCUT2D eigenvalue weighted by atomic mass is 19.4.